The first-order chi connectivity index (χ1) is 15.3. The lowest BCUT2D eigenvalue weighted by molar-refractivity contribution is -0.122. The number of hydrogen-bond donors (Lipinski definition) is 2. The van der Waals surface area contributed by atoms with Gasteiger partial charge in [0.15, 0.2) is 0 Å². The number of ether oxygens (including phenoxy) is 1. The van der Waals surface area contributed by atoms with Crippen LogP contribution < -0.4 is 14.8 Å². The van der Waals surface area contributed by atoms with Gasteiger partial charge in [-0.2, -0.15) is 4.72 Å². The molecular formula is C24H28N2O5S. The minimum atomic E-state index is -4.05. The predicted molar refractivity (Wildman–Crippen MR) is 122 cm³/mol. The van der Waals surface area contributed by atoms with Gasteiger partial charge in [0.2, 0.25) is 15.9 Å². The first-order valence-electron chi connectivity index (χ1n) is 10.3. The summed E-state index contributed by atoms with van der Waals surface area (Å²) in [5, 5.41) is 2.75. The predicted octanol–water partition coefficient (Wildman–Crippen LogP) is 3.62. The van der Waals surface area contributed by atoms with Crippen molar-refractivity contribution >= 4 is 15.9 Å². The Hall–Kier alpha value is -3.10. The molecule has 0 aliphatic rings. The Morgan fingerprint density at radius 3 is 2.44 bits per heavy atom. The SMILES string of the molecule is COc1ccc(C(C)C)cc1S(=O)(=O)NC(Cc1ccccc1)C(=O)NCc1ccco1. The first-order valence-corrected chi connectivity index (χ1v) is 11.8. The van der Waals surface area contributed by atoms with Gasteiger partial charge in [-0.3, -0.25) is 4.79 Å². The molecule has 1 heterocycles. The van der Waals surface area contributed by atoms with Gasteiger partial charge in [0.1, 0.15) is 22.4 Å². The first kappa shape index (κ1) is 23.6. The third kappa shape index (κ3) is 5.99. The Kier molecular flexibility index (Phi) is 7.71. The molecule has 7 nitrogen and oxygen atoms in total. The fourth-order valence-electron chi connectivity index (χ4n) is 3.26. The number of hydrogen-bond acceptors (Lipinski definition) is 5. The van der Waals surface area contributed by atoms with Gasteiger partial charge in [0, 0.05) is 0 Å². The lowest BCUT2D eigenvalue weighted by Gasteiger charge is -2.20. The number of nitrogens with one attached hydrogen (secondary N) is 2. The summed E-state index contributed by atoms with van der Waals surface area (Å²) >= 11 is 0. The van der Waals surface area contributed by atoms with Crippen LogP contribution >= 0.6 is 0 Å². The van der Waals surface area contributed by atoms with E-state index in [2.05, 4.69) is 10.0 Å². The van der Waals surface area contributed by atoms with Gasteiger partial charge in [0.25, 0.3) is 0 Å². The number of methoxy groups -OCH3 is 1. The Balaban J connectivity index is 1.88. The van der Waals surface area contributed by atoms with Gasteiger partial charge in [0.05, 0.1) is 19.9 Å². The van der Waals surface area contributed by atoms with Crippen molar-refractivity contribution in [2.24, 2.45) is 0 Å². The van der Waals surface area contributed by atoms with Crippen LogP contribution in [-0.4, -0.2) is 27.5 Å². The molecule has 1 aromatic heterocycles. The van der Waals surface area contributed by atoms with Crippen LogP contribution in [0.5, 0.6) is 5.75 Å². The van der Waals surface area contributed by atoms with Crippen LogP contribution in [0.25, 0.3) is 0 Å². The highest BCUT2D eigenvalue weighted by Crippen LogP contribution is 2.28. The van der Waals surface area contributed by atoms with Crippen LogP contribution in [0.15, 0.2) is 76.2 Å². The molecule has 0 bridgehead atoms. The van der Waals surface area contributed by atoms with Crippen LogP contribution in [0.2, 0.25) is 0 Å². The molecule has 2 N–H and O–H groups in total. The summed E-state index contributed by atoms with van der Waals surface area (Å²) < 4.78 is 39.8. The molecule has 0 aliphatic heterocycles. The average Bonchev–Trinajstić information content (AvgIpc) is 3.30. The number of carbonyl (C=O) groups is 1. The molecule has 1 unspecified atom stereocenters. The van der Waals surface area contributed by atoms with E-state index < -0.39 is 22.0 Å². The van der Waals surface area contributed by atoms with Crippen LogP contribution in [0.3, 0.4) is 0 Å². The molecule has 1 atom stereocenters. The molecule has 170 valence electrons. The Morgan fingerprint density at radius 2 is 1.81 bits per heavy atom. The van der Waals surface area contributed by atoms with E-state index in [0.29, 0.717) is 5.76 Å². The standard InChI is InChI=1S/C24H28N2O5S/c1-17(2)19-11-12-22(30-3)23(15-19)32(28,29)26-21(14-18-8-5-4-6-9-18)24(27)25-16-20-10-7-13-31-20/h4-13,15,17,21,26H,14,16H2,1-3H3,(H,25,27). The van der Waals surface area contributed by atoms with E-state index in [-0.39, 0.29) is 29.5 Å². The molecular weight excluding hydrogens is 428 g/mol. The third-order valence-electron chi connectivity index (χ3n) is 5.06. The van der Waals surface area contributed by atoms with E-state index in [1.807, 2.05) is 50.2 Å². The van der Waals surface area contributed by atoms with Gasteiger partial charge in [-0.25, -0.2) is 8.42 Å². The third-order valence-corrected chi connectivity index (χ3v) is 6.55. The number of carbonyl (C=O) groups excluding carboxylic acids is 1. The molecule has 3 aromatic rings. The van der Waals surface area contributed by atoms with Crippen molar-refractivity contribution in [3.63, 3.8) is 0 Å². The summed E-state index contributed by atoms with van der Waals surface area (Å²) in [7, 11) is -2.64. The van der Waals surface area contributed by atoms with Crippen LogP contribution in [-0.2, 0) is 27.8 Å². The maximum atomic E-state index is 13.3. The molecule has 32 heavy (non-hydrogen) atoms. The fraction of sp³-hybridized carbons (Fsp3) is 0.292. The van der Waals surface area contributed by atoms with Crippen molar-refractivity contribution in [3.05, 3.63) is 83.8 Å². The smallest absolute Gasteiger partial charge is 0.245 e. The fourth-order valence-corrected chi connectivity index (χ4v) is 4.66. The van der Waals surface area contributed by atoms with Crippen LogP contribution in [0, 0.1) is 0 Å². The van der Waals surface area contributed by atoms with E-state index in [4.69, 9.17) is 9.15 Å². The van der Waals surface area contributed by atoms with E-state index >= 15 is 0 Å². The monoisotopic (exact) mass is 456 g/mol. The van der Waals surface area contributed by atoms with Gasteiger partial charge < -0.3 is 14.5 Å². The second-order valence-corrected chi connectivity index (χ2v) is 9.41. The van der Waals surface area contributed by atoms with Gasteiger partial charge in [-0.05, 0) is 47.7 Å². The number of furan rings is 1. The lowest BCUT2D eigenvalue weighted by Crippen LogP contribution is -2.47. The average molecular weight is 457 g/mol. The molecule has 0 aliphatic carbocycles. The zero-order valence-electron chi connectivity index (χ0n) is 18.4. The number of amides is 1. The van der Waals surface area contributed by atoms with Crippen molar-refractivity contribution in [1.29, 1.82) is 0 Å². The maximum absolute atomic E-state index is 13.3. The van der Waals surface area contributed by atoms with E-state index in [1.54, 1.807) is 24.3 Å². The second kappa shape index (κ2) is 10.5. The summed E-state index contributed by atoms with van der Waals surface area (Å²) in [6, 6.07) is 16.7. The number of rotatable bonds is 10. The Labute approximate surface area is 188 Å². The molecule has 0 spiro atoms. The summed E-state index contributed by atoms with van der Waals surface area (Å²) in [6.45, 7) is 4.11. The summed E-state index contributed by atoms with van der Waals surface area (Å²) in [5.41, 5.74) is 1.68. The quantitative estimate of drug-likeness (QED) is 0.486. The van der Waals surface area contributed by atoms with Crippen molar-refractivity contribution in [1.82, 2.24) is 10.0 Å². The molecule has 8 heteroatoms. The molecule has 3 rings (SSSR count). The molecule has 0 saturated carbocycles. The van der Waals surface area contributed by atoms with Crippen LogP contribution in [0.4, 0.5) is 0 Å². The van der Waals surface area contributed by atoms with E-state index in [1.165, 1.54) is 13.4 Å². The van der Waals surface area contributed by atoms with Crippen molar-refractivity contribution < 1.29 is 22.4 Å². The van der Waals surface area contributed by atoms with Crippen molar-refractivity contribution in [2.45, 2.75) is 43.7 Å². The normalized spacial score (nSPS) is 12.5. The second-order valence-electron chi connectivity index (χ2n) is 7.73. The molecule has 0 radical (unpaired) electrons. The zero-order valence-corrected chi connectivity index (χ0v) is 19.2. The van der Waals surface area contributed by atoms with Gasteiger partial charge in [-0.15, -0.1) is 0 Å². The van der Waals surface area contributed by atoms with E-state index in [9.17, 15) is 13.2 Å². The van der Waals surface area contributed by atoms with Crippen molar-refractivity contribution in [3.8, 4) is 5.75 Å². The lowest BCUT2D eigenvalue weighted by atomic mass is 10.0. The highest BCUT2D eigenvalue weighted by atomic mass is 32.2. The summed E-state index contributed by atoms with van der Waals surface area (Å²) in [5.74, 6) is 0.474. The largest absolute Gasteiger partial charge is 0.495 e. The van der Waals surface area contributed by atoms with Crippen LogP contribution in [0.1, 0.15) is 36.7 Å². The Morgan fingerprint density at radius 1 is 1.06 bits per heavy atom. The van der Waals surface area contributed by atoms with Gasteiger partial charge >= 0.3 is 0 Å². The highest BCUT2D eigenvalue weighted by Gasteiger charge is 2.28. The summed E-state index contributed by atoms with van der Waals surface area (Å²) in [6.07, 6.45) is 1.70. The summed E-state index contributed by atoms with van der Waals surface area (Å²) in [4.78, 5) is 13.0. The van der Waals surface area contributed by atoms with E-state index in [0.717, 1.165) is 11.1 Å². The Bertz CT molecular complexity index is 1130. The molecule has 0 saturated heterocycles. The molecule has 1 amide bonds. The minimum Gasteiger partial charge on any atom is -0.495 e. The maximum Gasteiger partial charge on any atom is 0.245 e. The topological polar surface area (TPSA) is 97.6 Å². The number of benzene rings is 2. The minimum absolute atomic E-state index is 0.00287. The highest BCUT2D eigenvalue weighted by molar-refractivity contribution is 7.89. The molecule has 0 fully saturated rings. The number of sulfonamides is 1. The van der Waals surface area contributed by atoms with Crippen molar-refractivity contribution in [2.75, 3.05) is 7.11 Å². The van der Waals surface area contributed by atoms with Gasteiger partial charge in [-0.1, -0.05) is 50.2 Å². The molecule has 2 aromatic carbocycles. The zero-order chi connectivity index (χ0) is 23.1.